The van der Waals surface area contributed by atoms with Crippen LogP contribution in [0.2, 0.25) is 0 Å². The standard InChI is InChI=1S/C14H19F3N2O/c1-9-4-6-12(7-5-9)10(2)19-11(3)13(20)18-8-14(15,16)17/h4-7,10-11,19H,8H2,1-3H3,(H,18,20)/t10-,11?/m0/s1. The van der Waals surface area contributed by atoms with Crippen LogP contribution in [-0.4, -0.2) is 24.7 Å². The molecule has 0 fully saturated rings. The molecule has 3 nitrogen and oxygen atoms in total. The molecule has 0 bridgehead atoms. The van der Waals surface area contributed by atoms with Gasteiger partial charge in [-0.3, -0.25) is 10.1 Å². The number of amides is 1. The van der Waals surface area contributed by atoms with Crippen molar-refractivity contribution in [2.75, 3.05) is 6.54 Å². The molecular weight excluding hydrogens is 269 g/mol. The number of hydrogen-bond acceptors (Lipinski definition) is 2. The number of rotatable bonds is 5. The second kappa shape index (κ2) is 6.74. The third kappa shape index (κ3) is 5.61. The highest BCUT2D eigenvalue weighted by molar-refractivity contribution is 5.81. The van der Waals surface area contributed by atoms with Crippen LogP contribution in [0.15, 0.2) is 24.3 Å². The van der Waals surface area contributed by atoms with Gasteiger partial charge in [-0.25, -0.2) is 0 Å². The Labute approximate surface area is 116 Å². The zero-order valence-corrected chi connectivity index (χ0v) is 11.7. The summed E-state index contributed by atoms with van der Waals surface area (Å²) in [5, 5.41) is 4.83. The Balaban J connectivity index is 2.50. The first-order valence-corrected chi connectivity index (χ1v) is 6.36. The molecule has 0 radical (unpaired) electrons. The number of hydrogen-bond donors (Lipinski definition) is 2. The van der Waals surface area contributed by atoms with E-state index < -0.39 is 24.7 Å². The fourth-order valence-corrected chi connectivity index (χ4v) is 1.74. The molecule has 1 unspecified atom stereocenters. The minimum atomic E-state index is -4.39. The van der Waals surface area contributed by atoms with Gasteiger partial charge in [0.1, 0.15) is 6.54 Å². The van der Waals surface area contributed by atoms with Gasteiger partial charge in [0.25, 0.3) is 0 Å². The van der Waals surface area contributed by atoms with E-state index in [1.54, 1.807) is 0 Å². The summed E-state index contributed by atoms with van der Waals surface area (Å²) in [5.41, 5.74) is 2.10. The largest absolute Gasteiger partial charge is 0.405 e. The molecule has 2 atom stereocenters. The van der Waals surface area contributed by atoms with E-state index in [1.807, 2.05) is 43.4 Å². The Bertz CT molecular complexity index is 443. The molecule has 6 heteroatoms. The van der Waals surface area contributed by atoms with Crippen LogP contribution in [0.3, 0.4) is 0 Å². The number of aryl methyl sites for hydroxylation is 1. The molecule has 1 rings (SSSR count). The number of nitrogens with one attached hydrogen (secondary N) is 2. The highest BCUT2D eigenvalue weighted by atomic mass is 19.4. The molecule has 0 saturated heterocycles. The van der Waals surface area contributed by atoms with Crippen molar-refractivity contribution < 1.29 is 18.0 Å². The Morgan fingerprint density at radius 1 is 1.20 bits per heavy atom. The molecule has 0 spiro atoms. The van der Waals surface area contributed by atoms with Gasteiger partial charge < -0.3 is 5.32 Å². The van der Waals surface area contributed by atoms with Gasteiger partial charge >= 0.3 is 6.18 Å². The van der Waals surface area contributed by atoms with E-state index in [-0.39, 0.29) is 6.04 Å². The summed E-state index contributed by atoms with van der Waals surface area (Å²) < 4.78 is 36.0. The molecule has 2 N–H and O–H groups in total. The summed E-state index contributed by atoms with van der Waals surface area (Å²) in [5.74, 6) is -0.665. The quantitative estimate of drug-likeness (QED) is 0.874. The zero-order chi connectivity index (χ0) is 15.3. The molecule has 0 heterocycles. The molecule has 112 valence electrons. The highest BCUT2D eigenvalue weighted by Gasteiger charge is 2.28. The van der Waals surface area contributed by atoms with Crippen LogP contribution in [0.25, 0.3) is 0 Å². The average molecular weight is 288 g/mol. The predicted molar refractivity (Wildman–Crippen MR) is 71.3 cm³/mol. The van der Waals surface area contributed by atoms with Crippen molar-refractivity contribution in [2.45, 2.75) is 39.0 Å². The smallest absolute Gasteiger partial charge is 0.346 e. The lowest BCUT2D eigenvalue weighted by Gasteiger charge is -2.20. The topological polar surface area (TPSA) is 41.1 Å². The molecule has 20 heavy (non-hydrogen) atoms. The number of benzene rings is 1. The van der Waals surface area contributed by atoms with Crippen LogP contribution in [0.4, 0.5) is 13.2 Å². The molecular formula is C14H19F3N2O. The Morgan fingerprint density at radius 3 is 2.25 bits per heavy atom. The van der Waals surface area contributed by atoms with E-state index in [0.717, 1.165) is 11.1 Å². The molecule has 1 aromatic rings. The van der Waals surface area contributed by atoms with Crippen LogP contribution in [0.5, 0.6) is 0 Å². The van der Waals surface area contributed by atoms with Gasteiger partial charge in [-0.1, -0.05) is 29.8 Å². The maximum atomic E-state index is 12.0. The number of alkyl halides is 3. The molecule has 0 aliphatic heterocycles. The minimum Gasteiger partial charge on any atom is -0.346 e. The zero-order valence-electron chi connectivity index (χ0n) is 11.7. The van der Waals surface area contributed by atoms with E-state index in [1.165, 1.54) is 6.92 Å². The summed E-state index contributed by atoms with van der Waals surface area (Å²) in [6.45, 7) is 4.06. The van der Waals surface area contributed by atoms with Crippen molar-refractivity contribution in [3.8, 4) is 0 Å². The van der Waals surface area contributed by atoms with Gasteiger partial charge in [0.2, 0.25) is 5.91 Å². The highest BCUT2D eigenvalue weighted by Crippen LogP contribution is 2.14. The molecule has 0 aliphatic rings. The van der Waals surface area contributed by atoms with Crippen LogP contribution in [0, 0.1) is 6.92 Å². The van der Waals surface area contributed by atoms with Gasteiger partial charge in [0.05, 0.1) is 6.04 Å². The fraction of sp³-hybridized carbons (Fsp3) is 0.500. The third-order valence-electron chi connectivity index (χ3n) is 2.93. The first-order valence-electron chi connectivity index (χ1n) is 6.36. The Hall–Kier alpha value is -1.56. The van der Waals surface area contributed by atoms with Crippen LogP contribution >= 0.6 is 0 Å². The predicted octanol–water partition coefficient (Wildman–Crippen LogP) is 2.71. The molecule has 0 saturated carbocycles. The normalized spacial score (nSPS) is 14.7. The second-order valence-corrected chi connectivity index (χ2v) is 4.85. The van der Waals surface area contributed by atoms with E-state index in [0.29, 0.717) is 0 Å². The minimum absolute atomic E-state index is 0.123. The third-order valence-corrected chi connectivity index (χ3v) is 2.93. The lowest BCUT2D eigenvalue weighted by molar-refractivity contribution is -0.139. The van der Waals surface area contributed by atoms with Gasteiger partial charge in [0, 0.05) is 6.04 Å². The molecule has 1 aromatic carbocycles. The molecule has 0 aromatic heterocycles. The maximum Gasteiger partial charge on any atom is 0.405 e. The van der Waals surface area contributed by atoms with Crippen molar-refractivity contribution in [3.63, 3.8) is 0 Å². The number of carbonyl (C=O) groups is 1. The first kappa shape index (κ1) is 16.5. The summed E-state index contributed by atoms with van der Waals surface area (Å²) in [7, 11) is 0. The van der Waals surface area contributed by atoms with Gasteiger partial charge in [-0.15, -0.1) is 0 Å². The van der Waals surface area contributed by atoms with E-state index >= 15 is 0 Å². The van der Waals surface area contributed by atoms with Crippen LogP contribution < -0.4 is 10.6 Å². The van der Waals surface area contributed by atoms with Crippen LogP contribution in [-0.2, 0) is 4.79 Å². The monoisotopic (exact) mass is 288 g/mol. The Kier molecular flexibility index (Phi) is 5.56. The number of halogens is 3. The van der Waals surface area contributed by atoms with E-state index in [4.69, 9.17) is 0 Å². The molecule has 0 aliphatic carbocycles. The van der Waals surface area contributed by atoms with Gasteiger partial charge in [-0.05, 0) is 26.3 Å². The Morgan fingerprint density at radius 2 is 1.75 bits per heavy atom. The summed E-state index contributed by atoms with van der Waals surface area (Å²) >= 11 is 0. The van der Waals surface area contributed by atoms with Gasteiger partial charge in [0.15, 0.2) is 0 Å². The summed E-state index contributed by atoms with van der Waals surface area (Å²) in [6, 6.07) is 6.92. The summed E-state index contributed by atoms with van der Waals surface area (Å²) in [6.07, 6.45) is -4.39. The lowest BCUT2D eigenvalue weighted by atomic mass is 10.1. The van der Waals surface area contributed by atoms with Crippen molar-refractivity contribution in [1.29, 1.82) is 0 Å². The fourth-order valence-electron chi connectivity index (χ4n) is 1.74. The van der Waals surface area contributed by atoms with Gasteiger partial charge in [-0.2, -0.15) is 13.2 Å². The van der Waals surface area contributed by atoms with Crippen molar-refractivity contribution in [1.82, 2.24) is 10.6 Å². The average Bonchev–Trinajstić information content (AvgIpc) is 2.35. The molecule has 1 amide bonds. The second-order valence-electron chi connectivity index (χ2n) is 4.85. The van der Waals surface area contributed by atoms with Crippen molar-refractivity contribution in [3.05, 3.63) is 35.4 Å². The van der Waals surface area contributed by atoms with E-state index in [9.17, 15) is 18.0 Å². The van der Waals surface area contributed by atoms with Crippen molar-refractivity contribution in [2.24, 2.45) is 0 Å². The lowest BCUT2D eigenvalue weighted by Crippen LogP contribution is -2.45. The van der Waals surface area contributed by atoms with Crippen LogP contribution in [0.1, 0.15) is 31.0 Å². The first-order chi connectivity index (χ1) is 9.19. The van der Waals surface area contributed by atoms with Crippen molar-refractivity contribution >= 4 is 5.91 Å². The van der Waals surface area contributed by atoms with E-state index in [2.05, 4.69) is 5.32 Å². The maximum absolute atomic E-state index is 12.0. The SMILES string of the molecule is Cc1ccc([C@H](C)NC(C)C(=O)NCC(F)(F)F)cc1. The number of carbonyl (C=O) groups excluding carboxylic acids is 1. The summed E-state index contributed by atoms with van der Waals surface area (Å²) in [4.78, 5) is 11.5.